The maximum Gasteiger partial charge on any atom is 0.220 e. The van der Waals surface area contributed by atoms with Crippen molar-refractivity contribution in [3.05, 3.63) is 59.9 Å². The second-order valence-corrected chi connectivity index (χ2v) is 6.23. The van der Waals surface area contributed by atoms with Crippen LogP contribution >= 0.6 is 0 Å². The van der Waals surface area contributed by atoms with Gasteiger partial charge in [0.1, 0.15) is 11.6 Å². The quantitative estimate of drug-likeness (QED) is 0.543. The number of fused-ring (bicyclic) bond motifs is 1. The molecule has 3 rings (SSSR count). The lowest BCUT2D eigenvalue weighted by Crippen LogP contribution is -2.30. The first-order valence-corrected chi connectivity index (χ1v) is 8.66. The number of phenolic OH excluding ortho intramolecular Hbond substituents is 1. The number of nitrogens with one attached hydrogen (secondary N) is 2. The van der Waals surface area contributed by atoms with Crippen molar-refractivity contribution in [3.63, 3.8) is 0 Å². The third-order valence-electron chi connectivity index (χ3n) is 4.20. The molecular formula is C20H23N3O3. The minimum absolute atomic E-state index is 0.0358. The van der Waals surface area contributed by atoms with E-state index < -0.39 is 0 Å². The van der Waals surface area contributed by atoms with E-state index in [1.807, 2.05) is 36.4 Å². The van der Waals surface area contributed by atoms with Gasteiger partial charge in [0.2, 0.25) is 5.91 Å². The number of carbonyl (C=O) groups excluding carboxylic acids is 1. The first-order valence-electron chi connectivity index (χ1n) is 8.66. The van der Waals surface area contributed by atoms with Gasteiger partial charge < -0.3 is 20.1 Å². The molecule has 6 heteroatoms. The number of rotatable bonds is 8. The molecule has 6 nitrogen and oxygen atoms in total. The van der Waals surface area contributed by atoms with Gasteiger partial charge in [-0.15, -0.1) is 0 Å². The van der Waals surface area contributed by atoms with Crippen molar-refractivity contribution >= 4 is 16.9 Å². The lowest BCUT2D eigenvalue weighted by molar-refractivity contribution is -0.122. The number of carbonyl (C=O) groups is 1. The summed E-state index contributed by atoms with van der Waals surface area (Å²) in [6.45, 7) is 0.556. The number of nitrogens with zero attached hydrogens (tertiary/aromatic N) is 1. The number of hydrogen-bond donors (Lipinski definition) is 3. The van der Waals surface area contributed by atoms with Crippen molar-refractivity contribution in [3.8, 4) is 5.75 Å². The average Bonchev–Trinajstić information content (AvgIpc) is 3.07. The number of aromatic amines is 1. The third-order valence-corrected chi connectivity index (χ3v) is 4.20. The number of ether oxygens (including phenoxy) is 1. The van der Waals surface area contributed by atoms with Crippen LogP contribution in [0.15, 0.2) is 48.5 Å². The van der Waals surface area contributed by atoms with Crippen LogP contribution in [0.2, 0.25) is 0 Å². The van der Waals surface area contributed by atoms with E-state index in [4.69, 9.17) is 4.74 Å². The maximum absolute atomic E-state index is 12.3. The molecule has 2 aromatic carbocycles. The van der Waals surface area contributed by atoms with Crippen LogP contribution in [0.4, 0.5) is 0 Å². The van der Waals surface area contributed by atoms with Gasteiger partial charge in [0, 0.05) is 20.1 Å². The number of imidazole rings is 1. The van der Waals surface area contributed by atoms with E-state index in [0.29, 0.717) is 25.9 Å². The number of benzene rings is 2. The van der Waals surface area contributed by atoms with E-state index in [-0.39, 0.29) is 17.7 Å². The van der Waals surface area contributed by atoms with Crippen LogP contribution in [0.3, 0.4) is 0 Å². The van der Waals surface area contributed by atoms with Crippen LogP contribution < -0.4 is 5.32 Å². The van der Waals surface area contributed by atoms with Crippen molar-refractivity contribution in [2.75, 3.05) is 13.7 Å². The Balaban J connectivity index is 1.80. The minimum atomic E-state index is -0.276. The summed E-state index contributed by atoms with van der Waals surface area (Å²) in [4.78, 5) is 20.2. The van der Waals surface area contributed by atoms with Gasteiger partial charge in [0.15, 0.2) is 0 Å². The molecule has 26 heavy (non-hydrogen) atoms. The zero-order chi connectivity index (χ0) is 18.4. The van der Waals surface area contributed by atoms with Crippen LogP contribution in [-0.2, 0) is 16.0 Å². The van der Waals surface area contributed by atoms with E-state index >= 15 is 0 Å². The summed E-state index contributed by atoms with van der Waals surface area (Å²) in [5.41, 5.74) is 2.81. The molecule has 1 amide bonds. The Bertz CT molecular complexity index is 825. The van der Waals surface area contributed by atoms with E-state index in [2.05, 4.69) is 15.3 Å². The highest BCUT2D eigenvalue weighted by Gasteiger charge is 2.19. The van der Waals surface area contributed by atoms with Crippen molar-refractivity contribution in [2.45, 2.75) is 25.3 Å². The summed E-state index contributed by atoms with van der Waals surface area (Å²) in [5.74, 6) is 0.906. The topological polar surface area (TPSA) is 87.2 Å². The SMILES string of the molecule is COCCCC(=O)NC(Cc1ccc(O)cc1)c1nc2ccccc2[nH]1. The fourth-order valence-corrected chi connectivity index (χ4v) is 2.86. The Labute approximate surface area is 152 Å². The minimum Gasteiger partial charge on any atom is -0.508 e. The predicted molar refractivity (Wildman–Crippen MR) is 99.9 cm³/mol. The Morgan fingerprint density at radius 3 is 2.73 bits per heavy atom. The third kappa shape index (κ3) is 4.61. The predicted octanol–water partition coefficient (Wildman–Crippen LogP) is 3.10. The maximum atomic E-state index is 12.3. The molecule has 0 fully saturated rings. The average molecular weight is 353 g/mol. The van der Waals surface area contributed by atoms with Gasteiger partial charge in [-0.1, -0.05) is 24.3 Å². The molecule has 136 valence electrons. The molecule has 1 atom stereocenters. The number of H-pyrrole nitrogens is 1. The summed E-state index contributed by atoms with van der Waals surface area (Å²) in [6.07, 6.45) is 1.66. The van der Waals surface area contributed by atoms with Gasteiger partial charge >= 0.3 is 0 Å². The number of phenols is 1. The van der Waals surface area contributed by atoms with Gasteiger partial charge in [-0.05, 0) is 42.7 Å². The molecule has 0 bridgehead atoms. The van der Waals surface area contributed by atoms with E-state index in [0.717, 1.165) is 22.4 Å². The zero-order valence-electron chi connectivity index (χ0n) is 14.7. The molecule has 0 radical (unpaired) electrons. The highest BCUT2D eigenvalue weighted by atomic mass is 16.5. The molecular weight excluding hydrogens is 330 g/mol. The Morgan fingerprint density at radius 1 is 1.23 bits per heavy atom. The van der Waals surface area contributed by atoms with Crippen molar-refractivity contribution in [2.24, 2.45) is 0 Å². The number of aromatic nitrogens is 2. The smallest absolute Gasteiger partial charge is 0.220 e. The summed E-state index contributed by atoms with van der Waals surface area (Å²) in [7, 11) is 1.62. The fraction of sp³-hybridized carbons (Fsp3) is 0.300. The van der Waals surface area contributed by atoms with Crippen LogP contribution in [0.5, 0.6) is 5.75 Å². The molecule has 0 saturated carbocycles. The van der Waals surface area contributed by atoms with Crippen LogP contribution in [0, 0.1) is 0 Å². The molecule has 1 heterocycles. The van der Waals surface area contributed by atoms with Gasteiger partial charge in [0.05, 0.1) is 17.1 Å². The fourth-order valence-electron chi connectivity index (χ4n) is 2.86. The number of amides is 1. The largest absolute Gasteiger partial charge is 0.508 e. The molecule has 0 saturated heterocycles. The summed E-state index contributed by atoms with van der Waals surface area (Å²) >= 11 is 0. The Kier molecular flexibility index (Phi) is 5.86. The molecule has 1 aromatic heterocycles. The van der Waals surface area contributed by atoms with Crippen molar-refractivity contribution in [1.82, 2.24) is 15.3 Å². The zero-order valence-corrected chi connectivity index (χ0v) is 14.7. The number of aromatic hydroxyl groups is 1. The van der Waals surface area contributed by atoms with Crippen molar-refractivity contribution in [1.29, 1.82) is 0 Å². The first kappa shape index (κ1) is 17.9. The van der Waals surface area contributed by atoms with Crippen LogP contribution in [0.25, 0.3) is 11.0 Å². The summed E-state index contributed by atoms with van der Waals surface area (Å²) in [5, 5.41) is 12.5. The second-order valence-electron chi connectivity index (χ2n) is 6.23. The van der Waals surface area contributed by atoms with Crippen LogP contribution in [-0.4, -0.2) is 34.7 Å². The van der Waals surface area contributed by atoms with Crippen LogP contribution in [0.1, 0.15) is 30.3 Å². The van der Waals surface area contributed by atoms with E-state index in [1.165, 1.54) is 0 Å². The Morgan fingerprint density at radius 2 is 2.00 bits per heavy atom. The molecule has 1 unspecified atom stereocenters. The van der Waals surface area contributed by atoms with Gasteiger partial charge in [-0.25, -0.2) is 4.98 Å². The lowest BCUT2D eigenvalue weighted by atomic mass is 10.0. The number of hydrogen-bond acceptors (Lipinski definition) is 4. The Hall–Kier alpha value is -2.86. The molecule has 0 spiro atoms. The van der Waals surface area contributed by atoms with Crippen molar-refractivity contribution < 1.29 is 14.6 Å². The van der Waals surface area contributed by atoms with E-state index in [1.54, 1.807) is 19.2 Å². The standard InChI is InChI=1S/C20H23N3O3/c1-26-12-4-7-19(25)21-18(13-14-8-10-15(24)11-9-14)20-22-16-5-2-3-6-17(16)23-20/h2-3,5-6,8-11,18,24H,4,7,12-13H2,1H3,(H,21,25)(H,22,23). The highest BCUT2D eigenvalue weighted by molar-refractivity contribution is 5.77. The number of para-hydroxylation sites is 2. The molecule has 3 aromatic rings. The summed E-state index contributed by atoms with van der Waals surface area (Å²) < 4.78 is 5.01. The van der Waals surface area contributed by atoms with Gasteiger partial charge in [0.25, 0.3) is 0 Å². The molecule has 3 N–H and O–H groups in total. The monoisotopic (exact) mass is 353 g/mol. The highest BCUT2D eigenvalue weighted by Crippen LogP contribution is 2.21. The second kappa shape index (κ2) is 8.49. The molecule has 0 aliphatic heterocycles. The first-order chi connectivity index (χ1) is 12.7. The van der Waals surface area contributed by atoms with Gasteiger partial charge in [-0.3, -0.25) is 4.79 Å². The molecule has 0 aliphatic carbocycles. The molecule has 0 aliphatic rings. The van der Waals surface area contributed by atoms with E-state index in [9.17, 15) is 9.90 Å². The number of methoxy groups -OCH3 is 1. The summed E-state index contributed by atoms with van der Waals surface area (Å²) in [6, 6.07) is 14.5. The van der Waals surface area contributed by atoms with Gasteiger partial charge in [-0.2, -0.15) is 0 Å². The lowest BCUT2D eigenvalue weighted by Gasteiger charge is -2.17. The normalized spacial score (nSPS) is 12.2.